The molecule has 2 fully saturated rings. The Morgan fingerprint density at radius 3 is 2.18 bits per heavy atom. The van der Waals surface area contributed by atoms with Gasteiger partial charge in [0.1, 0.15) is 0 Å². The molecule has 1 saturated carbocycles. The van der Waals surface area contributed by atoms with Crippen LogP contribution >= 0.6 is 0 Å². The second-order valence-corrected chi connectivity index (χ2v) is 11.0. The van der Waals surface area contributed by atoms with Gasteiger partial charge in [0.15, 0.2) is 5.82 Å². The van der Waals surface area contributed by atoms with E-state index in [-0.39, 0.29) is 49.1 Å². The summed E-state index contributed by atoms with van der Waals surface area (Å²) in [7, 11) is 0. The molecule has 0 unspecified atom stereocenters. The predicted molar refractivity (Wildman–Crippen MR) is 139 cm³/mol. The minimum atomic E-state index is -4.57. The summed E-state index contributed by atoms with van der Waals surface area (Å²) in [4.78, 5) is 32.4. The average Bonchev–Trinajstić information content (AvgIpc) is 3.56. The van der Waals surface area contributed by atoms with E-state index < -0.39 is 12.0 Å². The van der Waals surface area contributed by atoms with Gasteiger partial charge in [0, 0.05) is 58.7 Å². The summed E-state index contributed by atoms with van der Waals surface area (Å²) in [6, 6.07) is 10.2. The number of halogens is 3. The Hall–Kier alpha value is -3.21. The topological polar surface area (TPSA) is 74.6 Å². The van der Waals surface area contributed by atoms with Gasteiger partial charge in [-0.2, -0.15) is 13.2 Å². The minimum Gasteiger partial charge on any atom is -0.340 e. The van der Waals surface area contributed by atoms with Gasteiger partial charge in [0.25, 0.3) is 0 Å². The maximum atomic E-state index is 13.3. The van der Waals surface area contributed by atoms with Crippen LogP contribution in [0.15, 0.2) is 36.4 Å². The zero-order valence-corrected chi connectivity index (χ0v) is 22.1. The Morgan fingerprint density at radius 1 is 0.872 bits per heavy atom. The lowest BCUT2D eigenvalue weighted by molar-refractivity contribution is -0.148. The molecule has 3 heterocycles. The van der Waals surface area contributed by atoms with Gasteiger partial charge in [0.05, 0.1) is 6.54 Å². The molecule has 3 aliphatic rings. The fraction of sp³-hybridized carbons (Fsp3) is 0.571. The Balaban J connectivity index is 1.13. The van der Waals surface area contributed by atoms with Crippen LogP contribution < -0.4 is 0 Å². The highest BCUT2D eigenvalue weighted by Gasteiger charge is 2.42. The number of benzene rings is 1. The van der Waals surface area contributed by atoms with Crippen LogP contribution in [-0.4, -0.2) is 80.5 Å². The summed E-state index contributed by atoms with van der Waals surface area (Å²) in [6.45, 7) is 4.00. The van der Waals surface area contributed by atoms with Crippen LogP contribution in [0, 0.1) is 5.41 Å². The summed E-state index contributed by atoms with van der Waals surface area (Å²) < 4.78 is 40.5. The molecule has 2 amide bonds. The number of amides is 2. The number of nitrogens with zero attached hydrogens (tertiary/aromatic N) is 6. The SMILES string of the molecule is O=C(CC1(CC(=O)N2CCn3c(nnc3C(F)(F)F)C2)CCCC1)N1CCN(C/C=C/c2ccccc2)CC1. The predicted octanol–water partition coefficient (Wildman–Crippen LogP) is 3.84. The molecule has 210 valence electrons. The first-order valence-electron chi connectivity index (χ1n) is 13.7. The molecule has 2 aliphatic heterocycles. The van der Waals surface area contributed by atoms with E-state index >= 15 is 0 Å². The van der Waals surface area contributed by atoms with Crippen molar-refractivity contribution in [2.45, 2.75) is 57.8 Å². The van der Waals surface area contributed by atoms with Crippen molar-refractivity contribution in [1.82, 2.24) is 29.5 Å². The Morgan fingerprint density at radius 2 is 1.51 bits per heavy atom. The highest BCUT2D eigenvalue weighted by Crippen LogP contribution is 2.45. The summed E-state index contributed by atoms with van der Waals surface area (Å²) in [5.41, 5.74) is 0.784. The van der Waals surface area contributed by atoms with E-state index in [0.29, 0.717) is 19.5 Å². The number of carbonyl (C=O) groups excluding carboxylic acids is 2. The van der Waals surface area contributed by atoms with Crippen molar-refractivity contribution in [3.05, 3.63) is 53.6 Å². The molecule has 0 N–H and O–H groups in total. The molecular formula is C28H35F3N6O2. The van der Waals surface area contributed by atoms with E-state index in [4.69, 9.17) is 0 Å². The molecule has 1 saturated heterocycles. The van der Waals surface area contributed by atoms with Gasteiger partial charge >= 0.3 is 6.18 Å². The van der Waals surface area contributed by atoms with Crippen molar-refractivity contribution in [1.29, 1.82) is 0 Å². The molecule has 0 atom stereocenters. The largest absolute Gasteiger partial charge is 0.451 e. The number of hydrogen-bond donors (Lipinski definition) is 0. The summed E-state index contributed by atoms with van der Waals surface area (Å²) in [6.07, 6.45) is 3.86. The van der Waals surface area contributed by atoms with Crippen LogP contribution in [0.1, 0.15) is 55.7 Å². The molecular weight excluding hydrogens is 509 g/mol. The molecule has 1 aliphatic carbocycles. The first-order chi connectivity index (χ1) is 18.7. The van der Waals surface area contributed by atoms with E-state index in [1.807, 2.05) is 23.1 Å². The van der Waals surface area contributed by atoms with Crippen molar-refractivity contribution < 1.29 is 22.8 Å². The van der Waals surface area contributed by atoms with Gasteiger partial charge in [-0.25, -0.2) is 0 Å². The summed E-state index contributed by atoms with van der Waals surface area (Å²) in [5, 5.41) is 6.98. The maximum absolute atomic E-state index is 13.3. The second kappa shape index (κ2) is 11.5. The number of carbonyl (C=O) groups is 2. The van der Waals surface area contributed by atoms with Gasteiger partial charge in [0.2, 0.25) is 17.6 Å². The van der Waals surface area contributed by atoms with Gasteiger partial charge < -0.3 is 14.4 Å². The van der Waals surface area contributed by atoms with Crippen molar-refractivity contribution in [2.75, 3.05) is 39.3 Å². The molecule has 1 aromatic carbocycles. The van der Waals surface area contributed by atoms with E-state index in [2.05, 4.69) is 39.4 Å². The maximum Gasteiger partial charge on any atom is 0.451 e. The van der Waals surface area contributed by atoms with E-state index in [1.165, 1.54) is 5.56 Å². The Bertz CT molecular complexity index is 1180. The normalized spacial score (nSPS) is 20.0. The number of alkyl halides is 3. The van der Waals surface area contributed by atoms with E-state index in [1.54, 1.807) is 4.90 Å². The lowest BCUT2D eigenvalue weighted by Gasteiger charge is -2.37. The fourth-order valence-electron chi connectivity index (χ4n) is 6.07. The minimum absolute atomic E-state index is 0.00657. The molecule has 8 nitrogen and oxygen atoms in total. The number of fused-ring (bicyclic) bond motifs is 1. The van der Waals surface area contributed by atoms with Crippen LogP contribution in [0.5, 0.6) is 0 Å². The quantitative estimate of drug-likeness (QED) is 0.530. The smallest absolute Gasteiger partial charge is 0.340 e. The highest BCUT2D eigenvalue weighted by atomic mass is 19.4. The van der Waals surface area contributed by atoms with Crippen LogP contribution in [0.3, 0.4) is 0 Å². The highest BCUT2D eigenvalue weighted by molar-refractivity contribution is 5.81. The van der Waals surface area contributed by atoms with Gasteiger partial charge in [-0.15, -0.1) is 10.2 Å². The number of aromatic nitrogens is 3. The van der Waals surface area contributed by atoms with E-state index in [0.717, 1.165) is 49.9 Å². The van der Waals surface area contributed by atoms with Gasteiger partial charge in [-0.3, -0.25) is 14.5 Å². The third-order valence-electron chi connectivity index (χ3n) is 8.27. The third-order valence-corrected chi connectivity index (χ3v) is 8.27. The van der Waals surface area contributed by atoms with Crippen molar-refractivity contribution >= 4 is 17.9 Å². The zero-order chi connectivity index (χ0) is 27.5. The zero-order valence-electron chi connectivity index (χ0n) is 22.1. The van der Waals surface area contributed by atoms with Gasteiger partial charge in [-0.05, 0) is 23.8 Å². The molecule has 1 aromatic heterocycles. The number of piperazine rings is 1. The molecule has 0 bridgehead atoms. The lowest BCUT2D eigenvalue weighted by Crippen LogP contribution is -2.49. The van der Waals surface area contributed by atoms with Crippen LogP contribution in [-0.2, 0) is 28.9 Å². The molecule has 39 heavy (non-hydrogen) atoms. The van der Waals surface area contributed by atoms with Crippen molar-refractivity contribution in [2.24, 2.45) is 5.41 Å². The van der Waals surface area contributed by atoms with Crippen LogP contribution in [0.4, 0.5) is 13.2 Å². The van der Waals surface area contributed by atoms with E-state index in [9.17, 15) is 22.8 Å². The average molecular weight is 545 g/mol. The summed E-state index contributed by atoms with van der Waals surface area (Å²) in [5.74, 6) is -0.898. The number of hydrogen-bond acceptors (Lipinski definition) is 5. The van der Waals surface area contributed by atoms with Gasteiger partial charge in [-0.1, -0.05) is 55.3 Å². The monoisotopic (exact) mass is 544 g/mol. The van der Waals surface area contributed by atoms with Crippen LogP contribution in [0.25, 0.3) is 6.08 Å². The molecule has 0 radical (unpaired) electrons. The van der Waals surface area contributed by atoms with Crippen molar-refractivity contribution in [3.8, 4) is 0 Å². The first-order valence-corrected chi connectivity index (χ1v) is 13.7. The third kappa shape index (κ3) is 6.51. The molecule has 0 spiro atoms. The molecule has 2 aromatic rings. The first kappa shape index (κ1) is 27.4. The standard InChI is InChI=1S/C28H35F3N6O2/c29-28(30,31)26-33-32-23-21-36(17-18-37(23)26)25(39)20-27(10-4-5-11-27)19-24(38)35-15-13-34(14-16-35)12-6-9-22-7-2-1-3-8-22/h1-3,6-9H,4-5,10-21H2/b9-6+. The van der Waals surface area contributed by atoms with Crippen LogP contribution in [0.2, 0.25) is 0 Å². The summed E-state index contributed by atoms with van der Waals surface area (Å²) >= 11 is 0. The Kier molecular flexibility index (Phi) is 8.06. The lowest BCUT2D eigenvalue weighted by atomic mass is 9.78. The second-order valence-electron chi connectivity index (χ2n) is 11.0. The Labute approximate surface area is 226 Å². The molecule has 5 rings (SSSR count). The van der Waals surface area contributed by atoms with Crippen molar-refractivity contribution in [3.63, 3.8) is 0 Å². The molecule has 11 heteroatoms. The number of rotatable bonds is 7. The fourth-order valence-corrected chi connectivity index (χ4v) is 6.07.